The van der Waals surface area contributed by atoms with Gasteiger partial charge in [-0.2, -0.15) is 0 Å². The minimum absolute atomic E-state index is 0.0110. The highest BCUT2D eigenvalue weighted by Crippen LogP contribution is 2.19. The molecule has 0 spiro atoms. The van der Waals surface area contributed by atoms with Crippen LogP contribution in [0.25, 0.3) is 0 Å². The van der Waals surface area contributed by atoms with Crippen molar-refractivity contribution in [3.8, 4) is 0 Å². The zero-order valence-corrected chi connectivity index (χ0v) is 13.4. The number of nitrogens with one attached hydrogen (secondary N) is 1. The molecule has 1 aliphatic rings. The van der Waals surface area contributed by atoms with Crippen LogP contribution in [0.15, 0.2) is 11.1 Å². The molecule has 1 aliphatic heterocycles. The molecule has 0 saturated carbocycles. The molecule has 1 aromatic rings. The van der Waals surface area contributed by atoms with Crippen molar-refractivity contribution in [3.63, 3.8) is 0 Å². The Morgan fingerprint density at radius 2 is 2.10 bits per heavy atom. The highest BCUT2D eigenvalue weighted by Gasteiger charge is 2.27. The minimum Gasteiger partial charge on any atom is -0.335 e. The number of carbonyl (C=O) groups excluding carboxylic acids is 1. The molecule has 0 unspecified atom stereocenters. The first kappa shape index (κ1) is 15.5. The number of nitrogens with zero attached hydrogens (tertiary/aromatic N) is 3. The van der Waals surface area contributed by atoms with E-state index < -0.39 is 0 Å². The topological polar surface area (TPSA) is 67.2 Å². The van der Waals surface area contributed by atoms with Crippen molar-refractivity contribution in [3.05, 3.63) is 27.9 Å². The van der Waals surface area contributed by atoms with Crippen molar-refractivity contribution in [2.75, 3.05) is 6.54 Å². The van der Waals surface area contributed by atoms with Crippen molar-refractivity contribution >= 4 is 6.03 Å². The maximum Gasteiger partial charge on any atom is 0.317 e. The summed E-state index contributed by atoms with van der Waals surface area (Å²) in [6.45, 7) is 9.23. The number of hydrogen-bond acceptors (Lipinski definition) is 3. The van der Waals surface area contributed by atoms with E-state index in [0.29, 0.717) is 25.2 Å². The van der Waals surface area contributed by atoms with Gasteiger partial charge in [-0.05, 0) is 18.8 Å². The lowest BCUT2D eigenvalue weighted by molar-refractivity contribution is 0.176. The molecule has 1 aromatic heterocycles. The standard InChI is InChI=1S/C15H24N4O2/c1-10(15(2,3)4)17-14(21)19-7-6-11-12(8-19)16-9-18(5)13(11)20/h9-10H,6-8H2,1-5H3,(H,17,21)/t10-/m1/s1. The van der Waals surface area contributed by atoms with Crippen LogP contribution < -0.4 is 10.9 Å². The third-order valence-corrected chi connectivity index (χ3v) is 4.21. The lowest BCUT2D eigenvalue weighted by atomic mass is 9.88. The van der Waals surface area contributed by atoms with Gasteiger partial charge in [0.05, 0.1) is 18.6 Å². The summed E-state index contributed by atoms with van der Waals surface area (Å²) in [5, 5.41) is 3.02. The van der Waals surface area contributed by atoms with Gasteiger partial charge in [0.15, 0.2) is 0 Å². The van der Waals surface area contributed by atoms with Crippen LogP contribution in [-0.2, 0) is 20.0 Å². The van der Waals surface area contributed by atoms with Crippen LogP contribution in [0.2, 0.25) is 0 Å². The Labute approximate surface area is 125 Å². The molecule has 116 valence electrons. The summed E-state index contributed by atoms with van der Waals surface area (Å²) in [6.07, 6.45) is 2.08. The van der Waals surface area contributed by atoms with Gasteiger partial charge in [-0.1, -0.05) is 20.8 Å². The highest BCUT2D eigenvalue weighted by molar-refractivity contribution is 5.74. The predicted molar refractivity (Wildman–Crippen MR) is 81.0 cm³/mol. The predicted octanol–water partition coefficient (Wildman–Crippen LogP) is 1.28. The number of urea groups is 1. The molecule has 2 heterocycles. The summed E-state index contributed by atoms with van der Waals surface area (Å²) in [7, 11) is 1.69. The fraction of sp³-hybridized carbons (Fsp3) is 0.667. The zero-order chi connectivity index (χ0) is 15.8. The lowest BCUT2D eigenvalue weighted by Gasteiger charge is -2.33. The average molecular weight is 292 g/mol. The van der Waals surface area contributed by atoms with E-state index in [-0.39, 0.29) is 23.0 Å². The summed E-state index contributed by atoms with van der Waals surface area (Å²) in [4.78, 5) is 30.3. The molecule has 1 N–H and O–H groups in total. The number of aryl methyl sites for hydroxylation is 1. The third kappa shape index (κ3) is 3.25. The van der Waals surface area contributed by atoms with Gasteiger partial charge in [0.25, 0.3) is 5.56 Å². The van der Waals surface area contributed by atoms with Gasteiger partial charge in [0.1, 0.15) is 0 Å². The van der Waals surface area contributed by atoms with E-state index in [4.69, 9.17) is 0 Å². The molecule has 6 heteroatoms. The van der Waals surface area contributed by atoms with Gasteiger partial charge >= 0.3 is 6.03 Å². The van der Waals surface area contributed by atoms with Crippen LogP contribution in [0.1, 0.15) is 39.0 Å². The second-order valence-corrected chi connectivity index (χ2v) is 6.79. The fourth-order valence-electron chi connectivity index (χ4n) is 2.18. The molecule has 0 radical (unpaired) electrons. The molecule has 21 heavy (non-hydrogen) atoms. The van der Waals surface area contributed by atoms with Crippen LogP contribution in [0.4, 0.5) is 4.79 Å². The number of fused-ring (bicyclic) bond motifs is 1. The number of aromatic nitrogens is 2. The van der Waals surface area contributed by atoms with E-state index >= 15 is 0 Å². The number of rotatable bonds is 1. The maximum absolute atomic E-state index is 12.3. The molecule has 0 aliphatic carbocycles. The first-order valence-electron chi connectivity index (χ1n) is 7.29. The van der Waals surface area contributed by atoms with Gasteiger partial charge in [0.2, 0.25) is 0 Å². The van der Waals surface area contributed by atoms with Crippen molar-refractivity contribution in [1.29, 1.82) is 0 Å². The molecule has 0 saturated heterocycles. The first-order chi connectivity index (χ1) is 9.70. The SMILES string of the molecule is C[C@@H](NC(=O)N1CCc2c(ncn(C)c2=O)C1)C(C)(C)C. The Hall–Kier alpha value is -1.85. The monoisotopic (exact) mass is 292 g/mol. The Bertz CT molecular complexity index is 601. The molecule has 2 amide bonds. The van der Waals surface area contributed by atoms with Gasteiger partial charge in [-0.15, -0.1) is 0 Å². The van der Waals surface area contributed by atoms with Crippen LogP contribution in [-0.4, -0.2) is 33.1 Å². The molecule has 6 nitrogen and oxygen atoms in total. The number of hydrogen-bond donors (Lipinski definition) is 1. The molecular formula is C15H24N4O2. The largest absolute Gasteiger partial charge is 0.335 e. The summed E-state index contributed by atoms with van der Waals surface area (Å²) in [6, 6.07) is -0.0199. The second kappa shape index (κ2) is 5.50. The quantitative estimate of drug-likeness (QED) is 0.848. The van der Waals surface area contributed by atoms with Gasteiger partial charge in [-0.3, -0.25) is 4.79 Å². The Kier molecular flexibility index (Phi) is 4.07. The van der Waals surface area contributed by atoms with Gasteiger partial charge < -0.3 is 14.8 Å². The summed E-state index contributed by atoms with van der Waals surface area (Å²) in [5.74, 6) is 0. The Morgan fingerprint density at radius 1 is 1.43 bits per heavy atom. The van der Waals surface area contributed by atoms with Crippen LogP contribution in [0.3, 0.4) is 0 Å². The van der Waals surface area contributed by atoms with Crippen molar-refractivity contribution in [2.45, 2.75) is 46.7 Å². The summed E-state index contributed by atoms with van der Waals surface area (Å²) >= 11 is 0. The van der Waals surface area contributed by atoms with Crippen LogP contribution in [0, 0.1) is 5.41 Å². The molecule has 2 rings (SSSR count). The van der Waals surface area contributed by atoms with Gasteiger partial charge in [0, 0.05) is 25.2 Å². The summed E-state index contributed by atoms with van der Waals surface area (Å²) in [5.41, 5.74) is 1.44. The molecule has 0 aromatic carbocycles. The lowest BCUT2D eigenvalue weighted by Crippen LogP contribution is -2.50. The Balaban J connectivity index is 2.10. The number of amides is 2. The van der Waals surface area contributed by atoms with E-state index in [1.807, 2.05) is 6.92 Å². The minimum atomic E-state index is -0.0921. The fourth-order valence-corrected chi connectivity index (χ4v) is 2.18. The van der Waals surface area contributed by atoms with Gasteiger partial charge in [-0.25, -0.2) is 9.78 Å². The normalized spacial score (nSPS) is 16.3. The van der Waals surface area contributed by atoms with Crippen molar-refractivity contribution in [2.24, 2.45) is 12.5 Å². The van der Waals surface area contributed by atoms with E-state index in [2.05, 4.69) is 31.1 Å². The van der Waals surface area contributed by atoms with E-state index in [1.54, 1.807) is 11.9 Å². The molecule has 1 atom stereocenters. The van der Waals surface area contributed by atoms with Crippen LogP contribution in [0.5, 0.6) is 0 Å². The van der Waals surface area contributed by atoms with E-state index in [0.717, 1.165) is 5.56 Å². The maximum atomic E-state index is 12.3. The van der Waals surface area contributed by atoms with E-state index in [9.17, 15) is 9.59 Å². The van der Waals surface area contributed by atoms with Crippen LogP contribution >= 0.6 is 0 Å². The smallest absolute Gasteiger partial charge is 0.317 e. The zero-order valence-electron chi connectivity index (χ0n) is 13.4. The average Bonchev–Trinajstić information content (AvgIpc) is 2.41. The molecular weight excluding hydrogens is 268 g/mol. The highest BCUT2D eigenvalue weighted by atomic mass is 16.2. The summed E-state index contributed by atoms with van der Waals surface area (Å²) < 4.78 is 1.48. The molecule has 0 fully saturated rings. The molecule has 0 bridgehead atoms. The van der Waals surface area contributed by atoms with E-state index in [1.165, 1.54) is 10.9 Å². The van der Waals surface area contributed by atoms with Crippen molar-refractivity contribution < 1.29 is 4.79 Å². The third-order valence-electron chi connectivity index (χ3n) is 4.21. The number of carbonyl (C=O) groups is 1. The van der Waals surface area contributed by atoms with Crippen molar-refractivity contribution in [1.82, 2.24) is 19.8 Å². The Morgan fingerprint density at radius 3 is 2.71 bits per heavy atom. The second-order valence-electron chi connectivity index (χ2n) is 6.79. The first-order valence-corrected chi connectivity index (χ1v) is 7.29.